The lowest BCUT2D eigenvalue weighted by molar-refractivity contribution is 0.465. The normalized spacial score (nSPS) is 10.9. The van der Waals surface area contributed by atoms with Crippen LogP contribution in [0.5, 0.6) is 5.75 Å². The Morgan fingerprint density at radius 2 is 1.72 bits per heavy atom. The maximum absolute atomic E-state index is 13.7. The van der Waals surface area contributed by atoms with E-state index in [1.165, 1.54) is 18.2 Å². The highest BCUT2D eigenvalue weighted by Crippen LogP contribution is 2.31. The summed E-state index contributed by atoms with van der Waals surface area (Å²) >= 11 is 0. The Labute approximate surface area is 105 Å². The number of hydrogen-bond donors (Lipinski definition) is 1. The molecule has 0 aliphatic heterocycles. The number of halogens is 2. The van der Waals surface area contributed by atoms with Gasteiger partial charge in [-0.2, -0.15) is 0 Å². The first-order chi connectivity index (χ1) is 8.49. The molecule has 0 aliphatic rings. The van der Waals surface area contributed by atoms with Crippen molar-refractivity contribution in [2.75, 3.05) is 0 Å². The van der Waals surface area contributed by atoms with Gasteiger partial charge in [-0.1, -0.05) is 19.9 Å². The SMILES string of the molecule is CC(C)c1cc(-c2ccc(F)cc2F)ccc1O. The number of phenols is 1. The average Bonchev–Trinajstić information content (AvgIpc) is 2.30. The van der Waals surface area contributed by atoms with Gasteiger partial charge < -0.3 is 5.11 Å². The van der Waals surface area contributed by atoms with Gasteiger partial charge in [-0.05, 0) is 41.3 Å². The molecule has 0 saturated carbocycles. The molecule has 0 amide bonds. The molecule has 0 saturated heterocycles. The zero-order chi connectivity index (χ0) is 13.3. The fourth-order valence-corrected chi connectivity index (χ4v) is 1.91. The molecule has 2 aromatic rings. The highest BCUT2D eigenvalue weighted by molar-refractivity contribution is 5.66. The Bertz CT molecular complexity index is 577. The summed E-state index contributed by atoms with van der Waals surface area (Å²) in [6, 6.07) is 8.38. The summed E-state index contributed by atoms with van der Waals surface area (Å²) in [5.41, 5.74) is 1.71. The monoisotopic (exact) mass is 248 g/mol. The first kappa shape index (κ1) is 12.6. The van der Waals surface area contributed by atoms with Crippen molar-refractivity contribution in [2.24, 2.45) is 0 Å². The molecule has 0 aliphatic carbocycles. The van der Waals surface area contributed by atoms with E-state index < -0.39 is 11.6 Å². The Kier molecular flexibility index (Phi) is 3.32. The fraction of sp³-hybridized carbons (Fsp3) is 0.200. The van der Waals surface area contributed by atoms with Gasteiger partial charge in [0.15, 0.2) is 0 Å². The molecular weight excluding hydrogens is 234 g/mol. The first-order valence-electron chi connectivity index (χ1n) is 5.77. The van der Waals surface area contributed by atoms with Crippen LogP contribution in [-0.2, 0) is 0 Å². The van der Waals surface area contributed by atoms with E-state index in [-0.39, 0.29) is 11.7 Å². The van der Waals surface area contributed by atoms with Gasteiger partial charge in [0.05, 0.1) is 0 Å². The summed E-state index contributed by atoms with van der Waals surface area (Å²) in [5.74, 6) is -0.876. The van der Waals surface area contributed by atoms with E-state index in [1.807, 2.05) is 13.8 Å². The Morgan fingerprint density at radius 3 is 2.33 bits per heavy atom. The Morgan fingerprint density at radius 1 is 1.00 bits per heavy atom. The van der Waals surface area contributed by atoms with Crippen molar-refractivity contribution < 1.29 is 13.9 Å². The van der Waals surface area contributed by atoms with Crippen LogP contribution >= 0.6 is 0 Å². The average molecular weight is 248 g/mol. The molecule has 2 rings (SSSR count). The molecule has 0 spiro atoms. The predicted octanol–water partition coefficient (Wildman–Crippen LogP) is 4.46. The lowest BCUT2D eigenvalue weighted by Crippen LogP contribution is -1.91. The van der Waals surface area contributed by atoms with Crippen LogP contribution in [0.25, 0.3) is 11.1 Å². The van der Waals surface area contributed by atoms with E-state index in [2.05, 4.69) is 0 Å². The van der Waals surface area contributed by atoms with E-state index in [0.29, 0.717) is 11.1 Å². The first-order valence-corrected chi connectivity index (χ1v) is 5.77. The molecule has 0 heterocycles. The molecule has 2 aromatic carbocycles. The van der Waals surface area contributed by atoms with E-state index in [0.717, 1.165) is 11.6 Å². The van der Waals surface area contributed by atoms with Crippen molar-refractivity contribution in [3.63, 3.8) is 0 Å². The minimum Gasteiger partial charge on any atom is -0.508 e. The van der Waals surface area contributed by atoms with E-state index in [4.69, 9.17) is 0 Å². The number of phenolic OH excluding ortho intramolecular Hbond substituents is 1. The summed E-state index contributed by atoms with van der Waals surface area (Å²) in [6.45, 7) is 3.89. The third-order valence-corrected chi connectivity index (χ3v) is 2.89. The molecule has 0 bridgehead atoms. The predicted molar refractivity (Wildman–Crippen MR) is 67.5 cm³/mol. The largest absolute Gasteiger partial charge is 0.508 e. The van der Waals surface area contributed by atoms with Gasteiger partial charge in [0.2, 0.25) is 0 Å². The van der Waals surface area contributed by atoms with E-state index in [1.54, 1.807) is 12.1 Å². The molecular formula is C15H14F2O. The van der Waals surface area contributed by atoms with Gasteiger partial charge in [-0.15, -0.1) is 0 Å². The standard InChI is InChI=1S/C15H14F2O/c1-9(2)13-7-10(3-6-15(13)18)12-5-4-11(16)8-14(12)17/h3-9,18H,1-2H3. The van der Waals surface area contributed by atoms with Crippen LogP contribution in [0.1, 0.15) is 25.3 Å². The third kappa shape index (κ3) is 2.35. The van der Waals surface area contributed by atoms with Crippen molar-refractivity contribution in [2.45, 2.75) is 19.8 Å². The summed E-state index contributed by atoms with van der Waals surface area (Å²) in [6.07, 6.45) is 0. The number of aromatic hydroxyl groups is 1. The van der Waals surface area contributed by atoms with Crippen LogP contribution in [0.3, 0.4) is 0 Å². The molecule has 0 fully saturated rings. The topological polar surface area (TPSA) is 20.2 Å². The highest BCUT2D eigenvalue weighted by atomic mass is 19.1. The maximum Gasteiger partial charge on any atom is 0.133 e. The van der Waals surface area contributed by atoms with Crippen LogP contribution in [0.4, 0.5) is 8.78 Å². The van der Waals surface area contributed by atoms with E-state index in [9.17, 15) is 13.9 Å². The van der Waals surface area contributed by atoms with Crippen LogP contribution in [0.2, 0.25) is 0 Å². The summed E-state index contributed by atoms with van der Waals surface area (Å²) in [4.78, 5) is 0. The smallest absolute Gasteiger partial charge is 0.133 e. The maximum atomic E-state index is 13.7. The van der Waals surface area contributed by atoms with Crippen molar-refractivity contribution in [3.05, 3.63) is 53.6 Å². The summed E-state index contributed by atoms with van der Waals surface area (Å²) in [5, 5.41) is 9.71. The van der Waals surface area contributed by atoms with Crippen molar-refractivity contribution in [1.29, 1.82) is 0 Å². The number of benzene rings is 2. The van der Waals surface area contributed by atoms with Gasteiger partial charge in [-0.3, -0.25) is 0 Å². The van der Waals surface area contributed by atoms with Gasteiger partial charge in [0, 0.05) is 11.6 Å². The fourth-order valence-electron chi connectivity index (χ4n) is 1.91. The van der Waals surface area contributed by atoms with Crippen LogP contribution in [0.15, 0.2) is 36.4 Å². The summed E-state index contributed by atoms with van der Waals surface area (Å²) in [7, 11) is 0. The second kappa shape index (κ2) is 4.77. The second-order valence-electron chi connectivity index (χ2n) is 4.55. The summed E-state index contributed by atoms with van der Waals surface area (Å²) < 4.78 is 26.5. The Hall–Kier alpha value is -1.90. The van der Waals surface area contributed by atoms with Gasteiger partial charge in [-0.25, -0.2) is 8.78 Å². The highest BCUT2D eigenvalue weighted by Gasteiger charge is 2.11. The quantitative estimate of drug-likeness (QED) is 0.831. The number of rotatable bonds is 2. The molecule has 1 nitrogen and oxygen atoms in total. The minimum absolute atomic E-state index is 0.133. The molecule has 3 heteroatoms. The van der Waals surface area contributed by atoms with Crippen molar-refractivity contribution in [3.8, 4) is 16.9 Å². The molecule has 0 radical (unpaired) electrons. The zero-order valence-corrected chi connectivity index (χ0v) is 10.2. The van der Waals surface area contributed by atoms with Gasteiger partial charge >= 0.3 is 0 Å². The lowest BCUT2D eigenvalue weighted by atomic mass is 9.96. The van der Waals surface area contributed by atoms with Crippen molar-refractivity contribution >= 4 is 0 Å². The zero-order valence-electron chi connectivity index (χ0n) is 10.2. The van der Waals surface area contributed by atoms with Crippen molar-refractivity contribution in [1.82, 2.24) is 0 Å². The van der Waals surface area contributed by atoms with Gasteiger partial charge in [0.1, 0.15) is 17.4 Å². The minimum atomic E-state index is -0.601. The molecule has 1 N–H and O–H groups in total. The van der Waals surface area contributed by atoms with Crippen LogP contribution < -0.4 is 0 Å². The second-order valence-corrected chi connectivity index (χ2v) is 4.55. The molecule has 0 aromatic heterocycles. The number of hydrogen-bond acceptors (Lipinski definition) is 1. The molecule has 0 atom stereocenters. The third-order valence-electron chi connectivity index (χ3n) is 2.89. The molecule has 0 unspecified atom stereocenters. The lowest BCUT2D eigenvalue weighted by Gasteiger charge is -2.11. The van der Waals surface area contributed by atoms with Crippen LogP contribution in [-0.4, -0.2) is 5.11 Å². The van der Waals surface area contributed by atoms with Crippen LogP contribution in [0, 0.1) is 11.6 Å². The Balaban J connectivity index is 2.54. The molecule has 18 heavy (non-hydrogen) atoms. The van der Waals surface area contributed by atoms with E-state index >= 15 is 0 Å². The van der Waals surface area contributed by atoms with Gasteiger partial charge in [0.25, 0.3) is 0 Å². The molecule has 94 valence electrons.